The first-order chi connectivity index (χ1) is 10.9. The minimum absolute atomic E-state index is 0.163. The maximum absolute atomic E-state index is 11.3. The predicted octanol–water partition coefficient (Wildman–Crippen LogP) is 2.52. The molecule has 0 saturated heterocycles. The zero-order valence-corrected chi connectivity index (χ0v) is 11.6. The lowest BCUT2D eigenvalue weighted by Crippen LogP contribution is -2.31. The van der Waals surface area contributed by atoms with Gasteiger partial charge >= 0.3 is 11.4 Å². The summed E-state index contributed by atoms with van der Waals surface area (Å²) in [6.45, 7) is 0. The second-order valence-electron chi connectivity index (χ2n) is 5.22. The molecule has 0 aromatic heterocycles. The minimum Gasteiger partial charge on any atom is -0.258 e. The fourth-order valence-electron chi connectivity index (χ4n) is 2.95. The SMILES string of the molecule is O=[N+]([O-])c1cc([N+](=O)[O-])c(N2N=NC3CCCC32)c([N+](=O)[O-])c1. The highest BCUT2D eigenvalue weighted by Gasteiger charge is 2.44. The molecule has 1 aromatic rings. The molecule has 1 saturated carbocycles. The smallest absolute Gasteiger partial charge is 0.258 e. The van der Waals surface area contributed by atoms with Crippen LogP contribution >= 0.6 is 0 Å². The van der Waals surface area contributed by atoms with E-state index in [-0.39, 0.29) is 17.8 Å². The van der Waals surface area contributed by atoms with Crippen molar-refractivity contribution in [3.8, 4) is 0 Å². The third kappa shape index (κ3) is 2.33. The van der Waals surface area contributed by atoms with Crippen molar-refractivity contribution in [2.75, 3.05) is 5.01 Å². The van der Waals surface area contributed by atoms with Crippen LogP contribution in [0.5, 0.6) is 0 Å². The number of hydrogen-bond donors (Lipinski definition) is 0. The lowest BCUT2D eigenvalue weighted by atomic mass is 10.1. The average molecular weight is 322 g/mol. The largest absolute Gasteiger partial charge is 0.308 e. The van der Waals surface area contributed by atoms with Crippen LogP contribution in [0.2, 0.25) is 0 Å². The van der Waals surface area contributed by atoms with Gasteiger partial charge in [-0.3, -0.25) is 30.3 Å². The molecule has 2 unspecified atom stereocenters. The normalized spacial score (nSPS) is 22.2. The number of benzene rings is 1. The Morgan fingerprint density at radius 1 is 1.00 bits per heavy atom. The van der Waals surface area contributed by atoms with E-state index < -0.39 is 31.8 Å². The van der Waals surface area contributed by atoms with Crippen LogP contribution in [0.4, 0.5) is 22.7 Å². The van der Waals surface area contributed by atoms with E-state index in [1.165, 1.54) is 0 Å². The second kappa shape index (κ2) is 5.23. The first-order valence-electron chi connectivity index (χ1n) is 6.71. The van der Waals surface area contributed by atoms with Crippen molar-refractivity contribution in [3.05, 3.63) is 42.5 Å². The van der Waals surface area contributed by atoms with Gasteiger partial charge in [-0.2, -0.15) is 5.11 Å². The molecule has 0 radical (unpaired) electrons. The number of nitrogens with zero attached hydrogens (tertiary/aromatic N) is 6. The molecule has 23 heavy (non-hydrogen) atoms. The number of non-ortho nitro benzene ring substituents is 1. The number of anilines is 1. The van der Waals surface area contributed by atoms with E-state index in [4.69, 9.17) is 0 Å². The van der Waals surface area contributed by atoms with E-state index in [1.54, 1.807) is 0 Å². The van der Waals surface area contributed by atoms with E-state index in [2.05, 4.69) is 10.3 Å². The van der Waals surface area contributed by atoms with Crippen molar-refractivity contribution in [3.63, 3.8) is 0 Å². The van der Waals surface area contributed by atoms with Crippen molar-refractivity contribution in [1.82, 2.24) is 0 Å². The van der Waals surface area contributed by atoms with Crippen LogP contribution in [-0.2, 0) is 0 Å². The molecule has 2 atom stereocenters. The summed E-state index contributed by atoms with van der Waals surface area (Å²) in [6, 6.07) is 0.957. The lowest BCUT2D eigenvalue weighted by molar-refractivity contribution is -0.402. The number of nitro benzene ring substituents is 3. The second-order valence-corrected chi connectivity index (χ2v) is 5.22. The summed E-state index contributed by atoms with van der Waals surface area (Å²) in [6.07, 6.45) is 2.22. The summed E-state index contributed by atoms with van der Waals surface area (Å²) >= 11 is 0. The molecule has 1 aromatic carbocycles. The van der Waals surface area contributed by atoms with Gasteiger partial charge in [-0.25, -0.2) is 5.01 Å². The number of rotatable bonds is 4. The molecule has 2 aliphatic rings. The van der Waals surface area contributed by atoms with E-state index in [1.807, 2.05) is 0 Å². The van der Waals surface area contributed by atoms with Gasteiger partial charge in [-0.05, 0) is 19.3 Å². The molecular formula is C11H10N6O6. The summed E-state index contributed by atoms with van der Waals surface area (Å²) in [7, 11) is 0. The van der Waals surface area contributed by atoms with Gasteiger partial charge in [0.05, 0.1) is 39.0 Å². The quantitative estimate of drug-likeness (QED) is 0.608. The van der Waals surface area contributed by atoms with E-state index in [9.17, 15) is 30.3 Å². The van der Waals surface area contributed by atoms with Gasteiger partial charge < -0.3 is 0 Å². The van der Waals surface area contributed by atoms with Gasteiger partial charge in [-0.1, -0.05) is 5.22 Å². The maximum Gasteiger partial charge on any atom is 0.308 e. The molecule has 0 bridgehead atoms. The van der Waals surface area contributed by atoms with E-state index in [0.717, 1.165) is 17.9 Å². The topological polar surface area (TPSA) is 157 Å². The van der Waals surface area contributed by atoms with Crippen molar-refractivity contribution >= 4 is 22.7 Å². The van der Waals surface area contributed by atoms with Crippen molar-refractivity contribution in [2.24, 2.45) is 10.3 Å². The third-order valence-electron chi connectivity index (χ3n) is 3.94. The predicted molar refractivity (Wildman–Crippen MR) is 75.2 cm³/mol. The van der Waals surface area contributed by atoms with Gasteiger partial charge in [-0.15, -0.1) is 0 Å². The van der Waals surface area contributed by atoms with Crippen LogP contribution in [-0.4, -0.2) is 26.9 Å². The number of hydrogen-bond acceptors (Lipinski definition) is 9. The van der Waals surface area contributed by atoms with Crippen molar-refractivity contribution in [1.29, 1.82) is 0 Å². The van der Waals surface area contributed by atoms with Gasteiger partial charge in [0.25, 0.3) is 5.69 Å². The molecular weight excluding hydrogens is 312 g/mol. The van der Waals surface area contributed by atoms with Crippen LogP contribution in [0, 0.1) is 30.3 Å². The van der Waals surface area contributed by atoms with Gasteiger partial charge in [0, 0.05) is 0 Å². The van der Waals surface area contributed by atoms with Crippen LogP contribution in [0.15, 0.2) is 22.5 Å². The molecule has 120 valence electrons. The highest BCUT2D eigenvalue weighted by molar-refractivity contribution is 5.78. The Morgan fingerprint density at radius 3 is 2.13 bits per heavy atom. The molecule has 1 aliphatic heterocycles. The highest BCUT2D eigenvalue weighted by atomic mass is 16.6. The monoisotopic (exact) mass is 322 g/mol. The highest BCUT2D eigenvalue weighted by Crippen LogP contribution is 2.46. The maximum atomic E-state index is 11.3. The standard InChI is InChI=1S/C11H10N6O6/c18-15(19)6-4-9(16(20)21)11(10(5-6)17(22)23)14-8-3-1-2-7(8)12-13-14/h4-5,7-8H,1-3H2. The van der Waals surface area contributed by atoms with Crippen molar-refractivity contribution < 1.29 is 14.8 Å². The van der Waals surface area contributed by atoms with E-state index >= 15 is 0 Å². The van der Waals surface area contributed by atoms with Gasteiger partial charge in [0.2, 0.25) is 5.69 Å². The Bertz CT molecular complexity index is 714. The molecule has 1 heterocycles. The first-order valence-corrected chi connectivity index (χ1v) is 6.71. The lowest BCUT2D eigenvalue weighted by Gasteiger charge is -2.20. The Morgan fingerprint density at radius 2 is 1.61 bits per heavy atom. The fraction of sp³-hybridized carbons (Fsp3) is 0.455. The molecule has 12 nitrogen and oxygen atoms in total. The first kappa shape index (κ1) is 14.7. The van der Waals surface area contributed by atoms with Crippen LogP contribution < -0.4 is 5.01 Å². The molecule has 0 spiro atoms. The Hall–Kier alpha value is -3.18. The molecule has 1 fully saturated rings. The van der Waals surface area contributed by atoms with Crippen LogP contribution in [0.3, 0.4) is 0 Å². The number of fused-ring (bicyclic) bond motifs is 1. The summed E-state index contributed by atoms with van der Waals surface area (Å²) < 4.78 is 0. The Labute approximate surface area is 127 Å². The molecule has 0 amide bonds. The zero-order valence-electron chi connectivity index (χ0n) is 11.6. The van der Waals surface area contributed by atoms with Crippen molar-refractivity contribution in [2.45, 2.75) is 31.3 Å². The summed E-state index contributed by atoms with van der Waals surface area (Å²) in [5.74, 6) is 0. The fourth-order valence-corrected chi connectivity index (χ4v) is 2.95. The van der Waals surface area contributed by atoms with Gasteiger partial charge in [0.1, 0.15) is 0 Å². The molecule has 1 aliphatic carbocycles. The molecule has 3 rings (SSSR count). The average Bonchev–Trinajstić information content (AvgIpc) is 3.08. The Balaban J connectivity index is 2.21. The summed E-state index contributed by atoms with van der Waals surface area (Å²) in [5, 5.41) is 42.4. The molecule has 12 heteroatoms. The van der Waals surface area contributed by atoms with Crippen LogP contribution in [0.1, 0.15) is 19.3 Å². The van der Waals surface area contributed by atoms with Gasteiger partial charge in [0.15, 0.2) is 0 Å². The zero-order chi connectivity index (χ0) is 16.7. The van der Waals surface area contributed by atoms with Crippen LogP contribution in [0.25, 0.3) is 0 Å². The third-order valence-corrected chi connectivity index (χ3v) is 3.94. The number of nitro groups is 3. The Kier molecular flexibility index (Phi) is 3.35. The minimum atomic E-state index is -0.909. The van der Waals surface area contributed by atoms with E-state index in [0.29, 0.717) is 18.6 Å². The summed E-state index contributed by atoms with van der Waals surface area (Å²) in [4.78, 5) is 30.8. The summed E-state index contributed by atoms with van der Waals surface area (Å²) in [5.41, 5.74) is -2.52. The molecule has 0 N–H and O–H groups in total.